The largest absolute Gasteiger partial charge is 0.399 e. The Morgan fingerprint density at radius 3 is 2.62 bits per heavy atom. The Balaban J connectivity index is 3.13. The molecular formula is C9H11ClN2O. The van der Waals surface area contributed by atoms with Crippen molar-refractivity contribution in [3.05, 3.63) is 22.7 Å². The number of nitrogens with two attached hydrogens (primary N) is 1. The molecule has 13 heavy (non-hydrogen) atoms. The maximum absolute atomic E-state index is 10.8. The van der Waals surface area contributed by atoms with E-state index in [4.69, 9.17) is 17.3 Å². The van der Waals surface area contributed by atoms with Crippen molar-refractivity contribution in [3.63, 3.8) is 0 Å². The van der Waals surface area contributed by atoms with Crippen LogP contribution in [0.25, 0.3) is 0 Å². The topological polar surface area (TPSA) is 55.1 Å². The standard InChI is InChI=1S/C9H11ClN2O/c1-5-3-7(11)4-8(10)9(5)12-6(2)13/h3-4H,11H2,1-2H3,(H,12,13). The molecule has 0 fully saturated rings. The lowest BCUT2D eigenvalue weighted by atomic mass is 10.2. The van der Waals surface area contributed by atoms with Gasteiger partial charge in [0.05, 0.1) is 10.7 Å². The Labute approximate surface area is 81.9 Å². The highest BCUT2D eigenvalue weighted by molar-refractivity contribution is 6.34. The molecule has 0 atom stereocenters. The van der Waals surface area contributed by atoms with Gasteiger partial charge in [0.1, 0.15) is 0 Å². The zero-order valence-electron chi connectivity index (χ0n) is 7.52. The molecule has 0 aliphatic carbocycles. The third-order valence-electron chi connectivity index (χ3n) is 1.61. The highest BCUT2D eigenvalue weighted by Gasteiger charge is 2.06. The fourth-order valence-corrected chi connectivity index (χ4v) is 1.43. The summed E-state index contributed by atoms with van der Waals surface area (Å²) in [5, 5.41) is 3.11. The third kappa shape index (κ3) is 2.36. The summed E-state index contributed by atoms with van der Waals surface area (Å²) in [5.74, 6) is -0.144. The second-order valence-corrected chi connectivity index (χ2v) is 3.28. The lowest BCUT2D eigenvalue weighted by Crippen LogP contribution is -2.08. The molecule has 1 rings (SSSR count). The molecule has 0 aromatic heterocycles. The number of amides is 1. The summed E-state index contributed by atoms with van der Waals surface area (Å²) >= 11 is 5.88. The molecular weight excluding hydrogens is 188 g/mol. The average Bonchev–Trinajstić information content (AvgIpc) is 1.96. The molecule has 0 radical (unpaired) electrons. The normalized spacial score (nSPS) is 9.77. The number of carbonyl (C=O) groups is 1. The van der Waals surface area contributed by atoms with Crippen LogP contribution in [0, 0.1) is 6.92 Å². The number of anilines is 2. The van der Waals surface area contributed by atoms with E-state index in [0.29, 0.717) is 16.4 Å². The van der Waals surface area contributed by atoms with Crippen molar-refractivity contribution < 1.29 is 4.79 Å². The predicted molar refractivity (Wildman–Crippen MR) is 54.9 cm³/mol. The SMILES string of the molecule is CC(=O)Nc1c(C)cc(N)cc1Cl. The van der Waals surface area contributed by atoms with Crippen LogP contribution in [0.3, 0.4) is 0 Å². The summed E-state index contributed by atoms with van der Waals surface area (Å²) in [4.78, 5) is 10.8. The fraction of sp³-hybridized carbons (Fsp3) is 0.222. The highest BCUT2D eigenvalue weighted by atomic mass is 35.5. The quantitative estimate of drug-likeness (QED) is 0.680. The summed E-state index contributed by atoms with van der Waals surface area (Å²) in [6.45, 7) is 3.28. The Morgan fingerprint density at radius 1 is 1.54 bits per heavy atom. The smallest absolute Gasteiger partial charge is 0.221 e. The lowest BCUT2D eigenvalue weighted by Gasteiger charge is -2.09. The van der Waals surface area contributed by atoms with E-state index < -0.39 is 0 Å². The first-order valence-electron chi connectivity index (χ1n) is 3.84. The second kappa shape index (κ2) is 3.66. The average molecular weight is 199 g/mol. The molecule has 0 heterocycles. The first kappa shape index (κ1) is 9.86. The molecule has 3 N–H and O–H groups in total. The Hall–Kier alpha value is -1.22. The van der Waals surface area contributed by atoms with Gasteiger partial charge in [-0.3, -0.25) is 4.79 Å². The van der Waals surface area contributed by atoms with E-state index in [0.717, 1.165) is 5.56 Å². The summed E-state index contributed by atoms with van der Waals surface area (Å²) < 4.78 is 0. The summed E-state index contributed by atoms with van der Waals surface area (Å²) in [7, 11) is 0. The van der Waals surface area contributed by atoms with Gasteiger partial charge < -0.3 is 11.1 Å². The van der Waals surface area contributed by atoms with Crippen LogP contribution >= 0.6 is 11.6 Å². The third-order valence-corrected chi connectivity index (χ3v) is 1.91. The first-order valence-corrected chi connectivity index (χ1v) is 4.21. The van der Waals surface area contributed by atoms with Gasteiger partial charge in [0, 0.05) is 12.6 Å². The predicted octanol–water partition coefficient (Wildman–Crippen LogP) is 2.19. The van der Waals surface area contributed by atoms with E-state index >= 15 is 0 Å². The second-order valence-electron chi connectivity index (χ2n) is 2.88. The molecule has 70 valence electrons. The Bertz CT molecular complexity index is 326. The van der Waals surface area contributed by atoms with E-state index in [9.17, 15) is 4.79 Å². The zero-order valence-corrected chi connectivity index (χ0v) is 8.27. The molecule has 0 bridgehead atoms. The van der Waals surface area contributed by atoms with Crippen molar-refractivity contribution in [2.75, 3.05) is 11.1 Å². The zero-order chi connectivity index (χ0) is 10.0. The minimum absolute atomic E-state index is 0.144. The van der Waals surface area contributed by atoms with Gasteiger partial charge in [0.2, 0.25) is 5.91 Å². The molecule has 0 spiro atoms. The lowest BCUT2D eigenvalue weighted by molar-refractivity contribution is -0.114. The number of benzene rings is 1. The highest BCUT2D eigenvalue weighted by Crippen LogP contribution is 2.28. The Morgan fingerprint density at radius 2 is 2.15 bits per heavy atom. The number of hydrogen-bond acceptors (Lipinski definition) is 2. The van der Waals surface area contributed by atoms with E-state index in [2.05, 4.69) is 5.32 Å². The van der Waals surface area contributed by atoms with Crippen LogP contribution in [0.2, 0.25) is 5.02 Å². The molecule has 1 aromatic rings. The van der Waals surface area contributed by atoms with Crippen LogP contribution in [0.5, 0.6) is 0 Å². The van der Waals surface area contributed by atoms with Crippen LogP contribution in [-0.4, -0.2) is 5.91 Å². The fourth-order valence-electron chi connectivity index (χ4n) is 1.11. The van der Waals surface area contributed by atoms with Gasteiger partial charge in [-0.2, -0.15) is 0 Å². The summed E-state index contributed by atoms with van der Waals surface area (Å²) in [6.07, 6.45) is 0. The maximum Gasteiger partial charge on any atom is 0.221 e. The van der Waals surface area contributed by atoms with Crippen LogP contribution in [0.4, 0.5) is 11.4 Å². The minimum atomic E-state index is -0.144. The molecule has 0 unspecified atom stereocenters. The van der Waals surface area contributed by atoms with Crippen molar-refractivity contribution in [1.29, 1.82) is 0 Å². The summed E-state index contributed by atoms with van der Waals surface area (Å²) in [6, 6.07) is 3.37. The molecule has 1 amide bonds. The van der Waals surface area contributed by atoms with Crippen molar-refractivity contribution in [2.24, 2.45) is 0 Å². The monoisotopic (exact) mass is 198 g/mol. The van der Waals surface area contributed by atoms with Gasteiger partial charge in [0.15, 0.2) is 0 Å². The van der Waals surface area contributed by atoms with Crippen LogP contribution in [0.15, 0.2) is 12.1 Å². The number of halogens is 1. The minimum Gasteiger partial charge on any atom is -0.399 e. The van der Waals surface area contributed by atoms with Crippen molar-refractivity contribution >= 4 is 28.9 Å². The molecule has 0 saturated carbocycles. The number of nitrogen functional groups attached to an aromatic ring is 1. The number of nitrogens with one attached hydrogen (secondary N) is 1. The molecule has 0 aliphatic heterocycles. The van der Waals surface area contributed by atoms with Gasteiger partial charge in [-0.05, 0) is 24.6 Å². The van der Waals surface area contributed by atoms with E-state index in [-0.39, 0.29) is 5.91 Å². The number of carbonyl (C=O) groups excluding carboxylic acids is 1. The number of aryl methyl sites for hydroxylation is 1. The summed E-state index contributed by atoms with van der Waals surface area (Å²) in [5.41, 5.74) is 7.65. The molecule has 4 heteroatoms. The van der Waals surface area contributed by atoms with E-state index in [1.54, 1.807) is 12.1 Å². The molecule has 1 aromatic carbocycles. The number of hydrogen-bond donors (Lipinski definition) is 2. The van der Waals surface area contributed by atoms with Gasteiger partial charge in [-0.1, -0.05) is 11.6 Å². The van der Waals surface area contributed by atoms with Crippen LogP contribution in [0.1, 0.15) is 12.5 Å². The number of rotatable bonds is 1. The van der Waals surface area contributed by atoms with Crippen molar-refractivity contribution in [3.8, 4) is 0 Å². The van der Waals surface area contributed by atoms with Crippen LogP contribution < -0.4 is 11.1 Å². The first-order chi connectivity index (χ1) is 6.00. The molecule has 3 nitrogen and oxygen atoms in total. The van der Waals surface area contributed by atoms with Crippen molar-refractivity contribution in [1.82, 2.24) is 0 Å². The van der Waals surface area contributed by atoms with Gasteiger partial charge >= 0.3 is 0 Å². The Kier molecular flexibility index (Phi) is 2.78. The van der Waals surface area contributed by atoms with Gasteiger partial charge in [-0.15, -0.1) is 0 Å². The maximum atomic E-state index is 10.8. The van der Waals surface area contributed by atoms with Crippen LogP contribution in [-0.2, 0) is 4.79 Å². The van der Waals surface area contributed by atoms with Gasteiger partial charge in [0.25, 0.3) is 0 Å². The molecule has 0 aliphatic rings. The van der Waals surface area contributed by atoms with Crippen molar-refractivity contribution in [2.45, 2.75) is 13.8 Å². The van der Waals surface area contributed by atoms with E-state index in [1.165, 1.54) is 6.92 Å². The van der Waals surface area contributed by atoms with E-state index in [1.807, 2.05) is 6.92 Å². The molecule has 0 saturated heterocycles. The van der Waals surface area contributed by atoms with Gasteiger partial charge in [-0.25, -0.2) is 0 Å².